The van der Waals surface area contributed by atoms with E-state index in [1.807, 2.05) is 11.3 Å². The lowest BCUT2D eigenvalue weighted by Gasteiger charge is -2.06. The summed E-state index contributed by atoms with van der Waals surface area (Å²) in [6, 6.07) is 41.3. The minimum Gasteiger partial charge on any atom is -0.144 e. The van der Waals surface area contributed by atoms with Crippen molar-refractivity contribution in [3.05, 3.63) is 120 Å². The Balaban J connectivity index is 1.23. The fraction of sp³-hybridized carbons (Fsp3) is 0. The van der Waals surface area contributed by atoms with Crippen LogP contribution in [-0.2, 0) is 0 Å². The zero-order valence-corrected chi connectivity index (χ0v) is 23.2. The molecule has 39 heavy (non-hydrogen) atoms. The molecule has 0 bridgehead atoms. The molecule has 182 valence electrons. The van der Waals surface area contributed by atoms with E-state index < -0.39 is 0 Å². The molecule has 3 heterocycles. The Morgan fingerprint density at radius 1 is 0.359 bits per heavy atom. The van der Waals surface area contributed by atoms with Gasteiger partial charge in [0.15, 0.2) is 0 Å². The predicted molar refractivity (Wildman–Crippen MR) is 176 cm³/mol. The van der Waals surface area contributed by atoms with E-state index in [1.54, 1.807) is 22.7 Å². The molecule has 3 heteroatoms. The van der Waals surface area contributed by atoms with Gasteiger partial charge in [-0.25, -0.2) is 0 Å². The van der Waals surface area contributed by atoms with Crippen molar-refractivity contribution in [2.75, 3.05) is 0 Å². The first-order valence-electron chi connectivity index (χ1n) is 13.0. The summed E-state index contributed by atoms with van der Waals surface area (Å²) in [6.45, 7) is 0. The molecular formula is C36H20S3. The summed E-state index contributed by atoms with van der Waals surface area (Å²) in [7, 11) is 0. The van der Waals surface area contributed by atoms with Gasteiger partial charge in [0, 0.05) is 29.9 Å². The number of hydrogen-bond acceptors (Lipinski definition) is 3. The van der Waals surface area contributed by atoms with Crippen LogP contribution in [-0.4, -0.2) is 0 Å². The van der Waals surface area contributed by atoms with Crippen LogP contribution in [0, 0.1) is 0 Å². The maximum atomic E-state index is 2.40. The van der Waals surface area contributed by atoms with Crippen LogP contribution in [0.4, 0.5) is 0 Å². The van der Waals surface area contributed by atoms with Crippen LogP contribution >= 0.6 is 34.0 Å². The van der Waals surface area contributed by atoms with Gasteiger partial charge in [-0.2, -0.15) is 0 Å². The van der Waals surface area contributed by atoms with Gasteiger partial charge in [0.25, 0.3) is 0 Å². The molecule has 0 amide bonds. The second-order valence-electron chi connectivity index (χ2n) is 10.3. The van der Waals surface area contributed by atoms with Crippen LogP contribution in [0.1, 0.15) is 0 Å². The number of rotatable bonds is 2. The van der Waals surface area contributed by atoms with Crippen molar-refractivity contribution < 1.29 is 0 Å². The molecule has 0 nitrogen and oxygen atoms in total. The summed E-state index contributed by atoms with van der Waals surface area (Å²) >= 11 is 5.50. The first-order chi connectivity index (χ1) is 19.2. The third-order valence-electron chi connectivity index (χ3n) is 7.91. The van der Waals surface area contributed by atoms with Gasteiger partial charge in [-0.05, 0) is 138 Å². The molecule has 0 saturated heterocycles. The van der Waals surface area contributed by atoms with Crippen LogP contribution in [0.5, 0.6) is 0 Å². The number of hydrogen-bond donors (Lipinski definition) is 0. The molecular weight excluding hydrogens is 529 g/mol. The molecule has 0 N–H and O–H groups in total. The van der Waals surface area contributed by atoms with Gasteiger partial charge >= 0.3 is 0 Å². The molecule has 0 saturated carbocycles. The maximum absolute atomic E-state index is 2.40. The summed E-state index contributed by atoms with van der Waals surface area (Å²) in [4.78, 5) is 2.64. The van der Waals surface area contributed by atoms with Gasteiger partial charge in [0.2, 0.25) is 0 Å². The second kappa shape index (κ2) is 8.24. The first kappa shape index (κ1) is 21.9. The van der Waals surface area contributed by atoms with Gasteiger partial charge in [-0.3, -0.25) is 0 Å². The summed E-state index contributed by atoms with van der Waals surface area (Å²) in [5, 5.41) is 17.4. The summed E-state index contributed by atoms with van der Waals surface area (Å²) in [6.07, 6.45) is 0. The van der Waals surface area contributed by atoms with Gasteiger partial charge in [0.05, 0.1) is 0 Å². The van der Waals surface area contributed by atoms with Crippen LogP contribution in [0.25, 0.3) is 84.1 Å². The van der Waals surface area contributed by atoms with Crippen LogP contribution < -0.4 is 0 Å². The minimum absolute atomic E-state index is 1.29. The lowest BCUT2D eigenvalue weighted by atomic mass is 9.98. The van der Waals surface area contributed by atoms with Gasteiger partial charge in [0.1, 0.15) is 0 Å². The van der Waals surface area contributed by atoms with Crippen LogP contribution in [0.3, 0.4) is 0 Å². The van der Waals surface area contributed by atoms with Crippen molar-refractivity contribution in [1.82, 2.24) is 0 Å². The lowest BCUT2D eigenvalue weighted by Crippen LogP contribution is -1.80. The normalized spacial score (nSPS) is 12.1. The van der Waals surface area contributed by atoms with E-state index in [0.717, 1.165) is 0 Å². The van der Waals surface area contributed by atoms with Crippen molar-refractivity contribution in [2.45, 2.75) is 0 Å². The average molecular weight is 549 g/mol. The standard InChI is InChI=1S/C36H20S3/c1-3-33(37-9-1)23-7-5-21-11-27-17-31-32-18-28-12-22-6-8-24(34-4-2-10-38-34)14-26(22)16-30(28)20-36(32)39-35(31)19-29(27)15-25(21)13-23/h1-20H. The van der Waals surface area contributed by atoms with Gasteiger partial charge < -0.3 is 0 Å². The fourth-order valence-electron chi connectivity index (χ4n) is 5.96. The Kier molecular flexibility index (Phi) is 4.62. The molecule has 0 aliphatic carbocycles. The topological polar surface area (TPSA) is 0 Å². The smallest absolute Gasteiger partial charge is 0.0361 e. The Morgan fingerprint density at radius 3 is 1.26 bits per heavy atom. The zero-order valence-electron chi connectivity index (χ0n) is 20.8. The first-order valence-corrected chi connectivity index (χ1v) is 15.6. The van der Waals surface area contributed by atoms with E-state index >= 15 is 0 Å². The summed E-state index contributed by atoms with van der Waals surface area (Å²) < 4.78 is 2.71. The zero-order chi connectivity index (χ0) is 25.5. The molecule has 0 unspecified atom stereocenters. The van der Waals surface area contributed by atoms with E-state index in [4.69, 9.17) is 0 Å². The second-order valence-corrected chi connectivity index (χ2v) is 13.3. The summed E-state index contributed by atoms with van der Waals surface area (Å²) in [5.74, 6) is 0. The van der Waals surface area contributed by atoms with Crippen LogP contribution in [0.15, 0.2) is 120 Å². The van der Waals surface area contributed by atoms with E-state index in [2.05, 4.69) is 120 Å². The van der Waals surface area contributed by atoms with Crippen molar-refractivity contribution >= 4 is 97.3 Å². The SMILES string of the molecule is c1csc(-c2ccc3cc4cc5c(cc4cc3c2)sc2cc3cc4cc(-c6cccs6)ccc4cc3cc25)c1. The quantitative estimate of drug-likeness (QED) is 0.188. The molecule has 9 rings (SSSR count). The molecule has 0 fully saturated rings. The molecule has 6 aromatic carbocycles. The predicted octanol–water partition coefficient (Wildman–Crippen LogP) is 12.1. The number of fused-ring (bicyclic) bond motifs is 7. The highest BCUT2D eigenvalue weighted by Crippen LogP contribution is 2.41. The Morgan fingerprint density at radius 2 is 0.795 bits per heavy atom. The molecule has 0 spiro atoms. The molecule has 0 aliphatic heterocycles. The molecule has 0 atom stereocenters. The Hall–Kier alpha value is -4.02. The molecule has 0 aliphatic rings. The molecule has 9 aromatic rings. The molecule has 0 radical (unpaired) electrons. The lowest BCUT2D eigenvalue weighted by molar-refractivity contribution is 1.77. The van der Waals surface area contributed by atoms with Gasteiger partial charge in [-0.15, -0.1) is 34.0 Å². The van der Waals surface area contributed by atoms with E-state index in [-0.39, 0.29) is 0 Å². The van der Waals surface area contributed by atoms with Crippen molar-refractivity contribution in [3.63, 3.8) is 0 Å². The minimum atomic E-state index is 1.29. The average Bonchev–Trinajstić information content (AvgIpc) is 3.74. The monoisotopic (exact) mass is 548 g/mol. The number of thiophene rings is 3. The van der Waals surface area contributed by atoms with Crippen LogP contribution in [0.2, 0.25) is 0 Å². The maximum Gasteiger partial charge on any atom is 0.0361 e. The van der Waals surface area contributed by atoms with Crippen molar-refractivity contribution in [1.29, 1.82) is 0 Å². The van der Waals surface area contributed by atoms with E-state index in [1.165, 1.54) is 84.1 Å². The highest BCUT2D eigenvalue weighted by atomic mass is 32.1. The Labute approximate surface area is 237 Å². The Bertz CT molecular complexity index is 2200. The third kappa shape index (κ3) is 3.48. The fourth-order valence-corrected chi connectivity index (χ4v) is 8.57. The van der Waals surface area contributed by atoms with E-state index in [9.17, 15) is 0 Å². The number of benzene rings is 6. The summed E-state index contributed by atoms with van der Waals surface area (Å²) in [5.41, 5.74) is 2.59. The highest BCUT2D eigenvalue weighted by Gasteiger charge is 2.11. The largest absolute Gasteiger partial charge is 0.144 e. The third-order valence-corrected chi connectivity index (χ3v) is 10.9. The molecule has 3 aromatic heterocycles. The van der Waals surface area contributed by atoms with Crippen molar-refractivity contribution in [2.24, 2.45) is 0 Å². The van der Waals surface area contributed by atoms with Gasteiger partial charge in [-0.1, -0.05) is 36.4 Å². The van der Waals surface area contributed by atoms with E-state index in [0.29, 0.717) is 0 Å². The highest BCUT2D eigenvalue weighted by molar-refractivity contribution is 7.26. The van der Waals surface area contributed by atoms with Crippen molar-refractivity contribution in [3.8, 4) is 20.9 Å².